The zero-order valence-electron chi connectivity index (χ0n) is 18.2. The average molecular weight is 420 g/mol. The lowest BCUT2D eigenvalue weighted by atomic mass is 10.0. The molecule has 6 nitrogen and oxygen atoms in total. The van der Waals surface area contributed by atoms with E-state index >= 15 is 0 Å². The van der Waals surface area contributed by atoms with Gasteiger partial charge in [0.15, 0.2) is 0 Å². The van der Waals surface area contributed by atoms with E-state index in [1.165, 1.54) is 0 Å². The Hall–Kier alpha value is -3.41. The number of fused-ring (bicyclic) bond motifs is 1. The van der Waals surface area contributed by atoms with Crippen molar-refractivity contribution < 1.29 is 14.3 Å². The summed E-state index contributed by atoms with van der Waals surface area (Å²) in [4.78, 5) is 29.9. The van der Waals surface area contributed by atoms with Crippen molar-refractivity contribution in [3.8, 4) is 5.75 Å². The number of hydrogen-bond donors (Lipinski definition) is 2. The van der Waals surface area contributed by atoms with Crippen LogP contribution in [-0.4, -0.2) is 36.0 Å². The average Bonchev–Trinajstić information content (AvgIpc) is 2.78. The molecule has 1 heterocycles. The van der Waals surface area contributed by atoms with E-state index in [1.807, 2.05) is 51.1 Å². The zero-order chi connectivity index (χ0) is 22.2. The maximum absolute atomic E-state index is 12.8. The summed E-state index contributed by atoms with van der Waals surface area (Å²) in [6.45, 7) is 6.77. The normalized spacial score (nSPS) is 11.9. The third-order valence-corrected chi connectivity index (χ3v) is 5.07. The van der Waals surface area contributed by atoms with E-state index in [9.17, 15) is 9.59 Å². The number of ether oxygens (including phenoxy) is 1. The van der Waals surface area contributed by atoms with E-state index in [1.54, 1.807) is 30.5 Å². The van der Waals surface area contributed by atoms with E-state index in [-0.39, 0.29) is 17.7 Å². The van der Waals surface area contributed by atoms with Crippen LogP contribution >= 0.6 is 0 Å². The first-order chi connectivity index (χ1) is 15.0. The van der Waals surface area contributed by atoms with Crippen molar-refractivity contribution in [1.82, 2.24) is 15.6 Å². The van der Waals surface area contributed by atoms with Crippen LogP contribution in [0.2, 0.25) is 0 Å². The summed E-state index contributed by atoms with van der Waals surface area (Å²) >= 11 is 0. The molecule has 162 valence electrons. The molecule has 0 bridgehead atoms. The minimum absolute atomic E-state index is 0.0501. The minimum Gasteiger partial charge on any atom is -0.494 e. The van der Waals surface area contributed by atoms with Gasteiger partial charge in [0.2, 0.25) is 5.91 Å². The number of nitrogens with one attached hydrogen (secondary N) is 2. The fourth-order valence-corrected chi connectivity index (χ4v) is 3.43. The molecule has 3 aromatic rings. The molecule has 0 radical (unpaired) electrons. The molecule has 31 heavy (non-hydrogen) atoms. The first kappa shape index (κ1) is 22.3. The maximum atomic E-state index is 12.8. The number of amides is 2. The highest BCUT2D eigenvalue weighted by atomic mass is 16.5. The predicted molar refractivity (Wildman–Crippen MR) is 122 cm³/mol. The molecule has 2 amide bonds. The first-order valence-corrected chi connectivity index (χ1v) is 10.6. The zero-order valence-corrected chi connectivity index (χ0v) is 18.2. The molecule has 0 aliphatic carbocycles. The van der Waals surface area contributed by atoms with Crippen molar-refractivity contribution in [3.05, 3.63) is 71.9 Å². The minimum atomic E-state index is -0.621. The molecular formula is C25H29N3O3. The summed E-state index contributed by atoms with van der Waals surface area (Å²) in [5.41, 5.74) is 2.52. The Labute approximate surface area is 183 Å². The lowest BCUT2D eigenvalue weighted by Crippen LogP contribution is -2.50. The quantitative estimate of drug-likeness (QED) is 0.554. The monoisotopic (exact) mass is 419 g/mol. The van der Waals surface area contributed by atoms with Crippen LogP contribution in [-0.2, 0) is 11.2 Å². The van der Waals surface area contributed by atoms with E-state index < -0.39 is 6.04 Å². The summed E-state index contributed by atoms with van der Waals surface area (Å²) in [6, 6.07) is 16.3. The third-order valence-electron chi connectivity index (χ3n) is 5.07. The van der Waals surface area contributed by atoms with Gasteiger partial charge in [0, 0.05) is 23.7 Å². The second-order valence-electron chi connectivity index (χ2n) is 7.69. The molecule has 3 rings (SSSR count). The van der Waals surface area contributed by atoms with Gasteiger partial charge in [0.1, 0.15) is 11.8 Å². The molecule has 1 aromatic heterocycles. The van der Waals surface area contributed by atoms with Gasteiger partial charge in [-0.3, -0.25) is 14.6 Å². The molecular weight excluding hydrogens is 390 g/mol. The maximum Gasteiger partial charge on any atom is 0.251 e. The number of pyridine rings is 1. The second-order valence-corrected chi connectivity index (χ2v) is 7.69. The Morgan fingerprint density at radius 2 is 1.77 bits per heavy atom. The van der Waals surface area contributed by atoms with Gasteiger partial charge in [-0.1, -0.05) is 38.1 Å². The van der Waals surface area contributed by atoms with Crippen LogP contribution in [0.15, 0.2) is 60.8 Å². The van der Waals surface area contributed by atoms with Gasteiger partial charge in [-0.25, -0.2) is 0 Å². The first-order valence-electron chi connectivity index (χ1n) is 10.6. The van der Waals surface area contributed by atoms with Crippen LogP contribution in [0.25, 0.3) is 10.9 Å². The third kappa shape index (κ3) is 5.81. The lowest BCUT2D eigenvalue weighted by molar-refractivity contribution is -0.123. The molecule has 1 unspecified atom stereocenters. The van der Waals surface area contributed by atoms with Crippen molar-refractivity contribution >= 4 is 22.7 Å². The van der Waals surface area contributed by atoms with Crippen LogP contribution in [0.3, 0.4) is 0 Å². The Kier molecular flexibility index (Phi) is 7.60. The van der Waals surface area contributed by atoms with Crippen molar-refractivity contribution in [2.75, 3.05) is 13.2 Å². The van der Waals surface area contributed by atoms with Crippen molar-refractivity contribution in [2.45, 2.75) is 33.2 Å². The van der Waals surface area contributed by atoms with Gasteiger partial charge in [-0.15, -0.1) is 0 Å². The van der Waals surface area contributed by atoms with E-state index in [0.29, 0.717) is 30.9 Å². The van der Waals surface area contributed by atoms with Gasteiger partial charge < -0.3 is 15.4 Å². The molecule has 2 aromatic carbocycles. The Balaban J connectivity index is 1.59. The summed E-state index contributed by atoms with van der Waals surface area (Å²) < 4.78 is 5.41. The van der Waals surface area contributed by atoms with Crippen LogP contribution < -0.4 is 15.4 Å². The van der Waals surface area contributed by atoms with Crippen LogP contribution in [0.5, 0.6) is 5.75 Å². The molecule has 0 saturated carbocycles. The summed E-state index contributed by atoms with van der Waals surface area (Å²) in [5, 5.41) is 6.89. The smallest absolute Gasteiger partial charge is 0.251 e. The number of nitrogens with zero attached hydrogens (tertiary/aromatic N) is 1. The number of carbonyl (C=O) groups excluding carboxylic acids is 2. The molecule has 2 N–H and O–H groups in total. The van der Waals surface area contributed by atoms with Gasteiger partial charge >= 0.3 is 0 Å². The van der Waals surface area contributed by atoms with Crippen molar-refractivity contribution in [2.24, 2.45) is 5.92 Å². The Bertz CT molecular complexity index is 1030. The van der Waals surface area contributed by atoms with Gasteiger partial charge in [0.05, 0.1) is 12.1 Å². The summed E-state index contributed by atoms with van der Waals surface area (Å²) in [5.74, 6) is 0.184. The topological polar surface area (TPSA) is 80.3 Å². The number of benzene rings is 2. The predicted octanol–water partition coefficient (Wildman–Crippen LogP) is 3.75. The van der Waals surface area contributed by atoms with E-state index in [0.717, 1.165) is 16.5 Å². The number of hydrogen-bond acceptors (Lipinski definition) is 4. The molecule has 0 aliphatic rings. The Morgan fingerprint density at radius 1 is 1.03 bits per heavy atom. The second kappa shape index (κ2) is 10.6. The molecule has 0 saturated heterocycles. The number of carbonyl (C=O) groups is 2. The van der Waals surface area contributed by atoms with Crippen LogP contribution in [0.1, 0.15) is 36.7 Å². The lowest BCUT2D eigenvalue weighted by Gasteiger charge is -2.22. The largest absolute Gasteiger partial charge is 0.494 e. The van der Waals surface area contributed by atoms with Gasteiger partial charge in [-0.05, 0) is 55.2 Å². The van der Waals surface area contributed by atoms with Crippen LogP contribution in [0.4, 0.5) is 0 Å². The highest BCUT2D eigenvalue weighted by Crippen LogP contribution is 2.16. The van der Waals surface area contributed by atoms with E-state index in [4.69, 9.17) is 4.74 Å². The molecule has 0 aliphatic heterocycles. The van der Waals surface area contributed by atoms with Gasteiger partial charge in [-0.2, -0.15) is 0 Å². The van der Waals surface area contributed by atoms with Crippen LogP contribution in [0, 0.1) is 5.92 Å². The molecule has 6 heteroatoms. The van der Waals surface area contributed by atoms with E-state index in [2.05, 4.69) is 15.6 Å². The fourth-order valence-electron chi connectivity index (χ4n) is 3.43. The Morgan fingerprint density at radius 3 is 2.48 bits per heavy atom. The fraction of sp³-hybridized carbons (Fsp3) is 0.320. The molecule has 0 fully saturated rings. The van der Waals surface area contributed by atoms with Crippen molar-refractivity contribution in [3.63, 3.8) is 0 Å². The molecule has 1 atom stereocenters. The highest BCUT2D eigenvalue weighted by molar-refractivity contribution is 5.97. The summed E-state index contributed by atoms with van der Waals surface area (Å²) in [6.07, 6.45) is 2.44. The number of rotatable bonds is 9. The SMILES string of the molecule is CCOc1ccc(C(=O)NC(C(=O)NCCc2cccc3cccnc23)C(C)C)cc1. The van der Waals surface area contributed by atoms with Crippen molar-refractivity contribution in [1.29, 1.82) is 0 Å². The summed E-state index contributed by atoms with van der Waals surface area (Å²) in [7, 11) is 0. The van der Waals surface area contributed by atoms with Gasteiger partial charge in [0.25, 0.3) is 5.91 Å². The number of para-hydroxylation sites is 1. The highest BCUT2D eigenvalue weighted by Gasteiger charge is 2.24. The standard InChI is InChI=1S/C25H29N3O3/c1-4-31-21-12-10-20(11-13-21)24(29)28-22(17(2)3)25(30)27-16-14-19-8-5-7-18-9-6-15-26-23(18)19/h5-13,15,17,22H,4,14,16H2,1-3H3,(H,27,30)(H,28,29). The number of aromatic nitrogens is 1. The molecule has 0 spiro atoms.